The topological polar surface area (TPSA) is 105 Å². The molecule has 1 aromatic heterocycles. The molecule has 2 heterocycles. The zero-order valence-electron chi connectivity index (χ0n) is 16.0. The SMILES string of the molecule is C[C@@H]1C[C@H](C)CN(S(=O)(=O)c2ccc(C(=O)Nc3nnc(C4CC4)o3)cc2)C1. The van der Waals surface area contributed by atoms with E-state index in [1.54, 1.807) is 4.31 Å². The van der Waals surface area contributed by atoms with Crippen LogP contribution in [0.5, 0.6) is 0 Å². The van der Waals surface area contributed by atoms with Crippen molar-refractivity contribution >= 4 is 21.9 Å². The van der Waals surface area contributed by atoms with Crippen molar-refractivity contribution in [1.82, 2.24) is 14.5 Å². The van der Waals surface area contributed by atoms with E-state index >= 15 is 0 Å². The summed E-state index contributed by atoms with van der Waals surface area (Å²) in [4.78, 5) is 12.6. The number of piperidine rings is 1. The summed E-state index contributed by atoms with van der Waals surface area (Å²) in [7, 11) is -3.57. The zero-order valence-corrected chi connectivity index (χ0v) is 16.8. The van der Waals surface area contributed by atoms with Gasteiger partial charge in [0.25, 0.3) is 5.91 Å². The Balaban J connectivity index is 1.45. The van der Waals surface area contributed by atoms with Crippen LogP contribution in [0, 0.1) is 11.8 Å². The fourth-order valence-corrected chi connectivity index (χ4v) is 5.36. The smallest absolute Gasteiger partial charge is 0.322 e. The van der Waals surface area contributed by atoms with Crippen LogP contribution in [0.2, 0.25) is 0 Å². The van der Waals surface area contributed by atoms with Crippen molar-refractivity contribution in [3.05, 3.63) is 35.7 Å². The number of anilines is 1. The molecule has 2 aliphatic rings. The number of benzene rings is 1. The molecule has 0 unspecified atom stereocenters. The van der Waals surface area contributed by atoms with Gasteiger partial charge in [-0.25, -0.2) is 8.42 Å². The van der Waals surface area contributed by atoms with Crippen LogP contribution < -0.4 is 5.32 Å². The van der Waals surface area contributed by atoms with Crippen LogP contribution in [0.3, 0.4) is 0 Å². The Kier molecular flexibility index (Phi) is 4.96. The summed E-state index contributed by atoms with van der Waals surface area (Å²) in [5.74, 6) is 1.09. The van der Waals surface area contributed by atoms with E-state index in [1.165, 1.54) is 24.3 Å². The summed E-state index contributed by atoms with van der Waals surface area (Å²) >= 11 is 0. The lowest BCUT2D eigenvalue weighted by atomic mass is 9.94. The van der Waals surface area contributed by atoms with Gasteiger partial charge >= 0.3 is 6.01 Å². The first-order valence-corrected chi connectivity index (χ1v) is 11.0. The van der Waals surface area contributed by atoms with E-state index in [1.807, 2.05) is 0 Å². The molecule has 2 aromatic rings. The molecule has 1 aromatic carbocycles. The summed E-state index contributed by atoms with van der Waals surface area (Å²) in [6.45, 7) is 5.18. The van der Waals surface area contributed by atoms with Crippen LogP contribution in [0.25, 0.3) is 0 Å². The lowest BCUT2D eigenvalue weighted by Gasteiger charge is -2.34. The van der Waals surface area contributed by atoms with Crippen molar-refractivity contribution in [1.29, 1.82) is 0 Å². The number of hydrogen-bond donors (Lipinski definition) is 1. The first-order chi connectivity index (χ1) is 13.3. The van der Waals surface area contributed by atoms with Gasteiger partial charge < -0.3 is 4.42 Å². The van der Waals surface area contributed by atoms with Crippen molar-refractivity contribution in [2.75, 3.05) is 18.4 Å². The number of rotatable bonds is 5. The molecular formula is C19H24N4O4S. The molecule has 2 fully saturated rings. The largest absolute Gasteiger partial charge is 0.408 e. The lowest BCUT2D eigenvalue weighted by molar-refractivity contribution is 0.102. The highest BCUT2D eigenvalue weighted by atomic mass is 32.2. The number of carbonyl (C=O) groups is 1. The highest BCUT2D eigenvalue weighted by Gasteiger charge is 2.32. The third-order valence-electron chi connectivity index (χ3n) is 5.18. The maximum atomic E-state index is 12.9. The fraction of sp³-hybridized carbons (Fsp3) is 0.526. The molecule has 150 valence electrons. The van der Waals surface area contributed by atoms with Gasteiger partial charge in [-0.2, -0.15) is 4.31 Å². The van der Waals surface area contributed by atoms with Crippen molar-refractivity contribution in [2.24, 2.45) is 11.8 Å². The Morgan fingerprint density at radius 3 is 2.36 bits per heavy atom. The minimum Gasteiger partial charge on any atom is -0.408 e. The highest BCUT2D eigenvalue weighted by Crippen LogP contribution is 2.39. The van der Waals surface area contributed by atoms with E-state index in [4.69, 9.17) is 4.42 Å². The van der Waals surface area contributed by atoms with E-state index < -0.39 is 15.9 Å². The van der Waals surface area contributed by atoms with Crippen molar-refractivity contribution in [3.63, 3.8) is 0 Å². The van der Waals surface area contributed by atoms with Crippen LogP contribution in [-0.4, -0.2) is 41.9 Å². The zero-order chi connectivity index (χ0) is 19.9. The number of nitrogens with zero attached hydrogens (tertiary/aromatic N) is 3. The maximum absolute atomic E-state index is 12.9. The third-order valence-corrected chi connectivity index (χ3v) is 7.02. The van der Waals surface area contributed by atoms with Crippen molar-refractivity contribution < 1.29 is 17.6 Å². The summed E-state index contributed by atoms with van der Waals surface area (Å²) in [5, 5.41) is 10.3. The molecule has 1 aliphatic carbocycles. The van der Waals surface area contributed by atoms with Gasteiger partial charge in [0.1, 0.15) is 0 Å². The minimum atomic E-state index is -3.57. The van der Waals surface area contributed by atoms with E-state index in [0.29, 0.717) is 42.3 Å². The number of amides is 1. The molecule has 0 spiro atoms. The second-order valence-electron chi connectivity index (χ2n) is 7.97. The average Bonchev–Trinajstić information content (AvgIpc) is 3.40. The Labute approximate surface area is 164 Å². The molecule has 2 atom stereocenters. The monoisotopic (exact) mass is 404 g/mol. The lowest BCUT2D eigenvalue weighted by Crippen LogP contribution is -2.42. The van der Waals surface area contributed by atoms with Crippen molar-refractivity contribution in [2.45, 2.75) is 43.9 Å². The predicted octanol–water partition coefficient (Wildman–Crippen LogP) is 2.87. The van der Waals surface area contributed by atoms with E-state index in [0.717, 1.165) is 19.3 Å². The molecule has 4 rings (SSSR count). The number of carbonyl (C=O) groups excluding carboxylic acids is 1. The van der Waals surface area contributed by atoms with Crippen LogP contribution in [0.4, 0.5) is 6.01 Å². The second kappa shape index (κ2) is 7.29. The van der Waals surface area contributed by atoms with Crippen LogP contribution in [0.1, 0.15) is 55.3 Å². The Bertz CT molecular complexity index is 956. The van der Waals surface area contributed by atoms with E-state index in [9.17, 15) is 13.2 Å². The first kappa shape index (κ1) is 19.1. The molecule has 1 aliphatic heterocycles. The first-order valence-electron chi connectivity index (χ1n) is 9.58. The Morgan fingerprint density at radius 1 is 1.11 bits per heavy atom. The summed E-state index contributed by atoms with van der Waals surface area (Å²) in [5.41, 5.74) is 0.325. The van der Waals surface area contributed by atoms with E-state index in [-0.39, 0.29) is 10.9 Å². The van der Waals surface area contributed by atoms with Gasteiger partial charge in [0.2, 0.25) is 15.9 Å². The molecule has 1 saturated carbocycles. The molecular weight excluding hydrogens is 380 g/mol. The van der Waals surface area contributed by atoms with Gasteiger partial charge in [0.15, 0.2) is 0 Å². The summed E-state index contributed by atoms with van der Waals surface area (Å²) < 4.78 is 32.8. The predicted molar refractivity (Wildman–Crippen MR) is 102 cm³/mol. The van der Waals surface area contributed by atoms with Crippen LogP contribution in [-0.2, 0) is 10.0 Å². The van der Waals surface area contributed by atoms with Gasteiger partial charge in [0.05, 0.1) is 4.90 Å². The third kappa shape index (κ3) is 3.95. The fourth-order valence-electron chi connectivity index (χ4n) is 3.68. The molecule has 1 N–H and O–H groups in total. The number of nitrogens with one attached hydrogen (secondary N) is 1. The Morgan fingerprint density at radius 2 is 1.75 bits per heavy atom. The van der Waals surface area contributed by atoms with Gasteiger partial charge in [-0.05, 0) is 55.4 Å². The van der Waals surface area contributed by atoms with Crippen molar-refractivity contribution in [3.8, 4) is 0 Å². The molecule has 0 bridgehead atoms. The normalized spacial score (nSPS) is 23.5. The summed E-state index contributed by atoms with van der Waals surface area (Å²) in [6.07, 6.45) is 3.09. The van der Waals surface area contributed by atoms with Gasteiger partial charge in [-0.3, -0.25) is 10.1 Å². The molecule has 8 nitrogen and oxygen atoms in total. The molecule has 9 heteroatoms. The summed E-state index contributed by atoms with van der Waals surface area (Å²) in [6, 6.07) is 5.99. The Hall–Kier alpha value is -2.26. The maximum Gasteiger partial charge on any atom is 0.322 e. The molecule has 1 amide bonds. The molecule has 28 heavy (non-hydrogen) atoms. The molecule has 1 saturated heterocycles. The number of sulfonamides is 1. The van der Waals surface area contributed by atoms with E-state index in [2.05, 4.69) is 29.4 Å². The van der Waals surface area contributed by atoms with Gasteiger partial charge in [-0.15, -0.1) is 5.10 Å². The number of hydrogen-bond acceptors (Lipinski definition) is 6. The number of aromatic nitrogens is 2. The van der Waals surface area contributed by atoms with Gasteiger partial charge in [-0.1, -0.05) is 18.9 Å². The quantitative estimate of drug-likeness (QED) is 0.821. The second-order valence-corrected chi connectivity index (χ2v) is 9.90. The van der Waals surface area contributed by atoms with Crippen LogP contribution >= 0.6 is 0 Å². The average molecular weight is 404 g/mol. The highest BCUT2D eigenvalue weighted by molar-refractivity contribution is 7.89. The standard InChI is InChI=1S/C19H24N4O4S/c1-12-9-13(2)11-23(10-12)28(25,26)16-7-5-14(6-8-16)17(24)20-19-22-21-18(27-19)15-3-4-15/h5-8,12-13,15H,3-4,9-11H2,1-2H3,(H,20,22,24)/t12-,13+. The minimum absolute atomic E-state index is 0.0555. The van der Waals surface area contributed by atoms with Gasteiger partial charge in [0, 0.05) is 24.6 Å². The van der Waals surface area contributed by atoms with Crippen LogP contribution in [0.15, 0.2) is 33.6 Å². The molecule has 0 radical (unpaired) electrons.